The van der Waals surface area contributed by atoms with Gasteiger partial charge in [0.1, 0.15) is 0 Å². The molecular formula is C22H27N3OS2. The highest BCUT2D eigenvalue weighted by atomic mass is 32.2. The maximum absolute atomic E-state index is 13.4. The molecule has 0 unspecified atom stereocenters. The van der Waals surface area contributed by atoms with Crippen LogP contribution >= 0.6 is 23.1 Å². The number of anilines is 1. The van der Waals surface area contributed by atoms with E-state index in [0.717, 1.165) is 32.5 Å². The predicted octanol–water partition coefficient (Wildman–Crippen LogP) is 5.23. The number of carbonyl (C=O) groups is 1. The summed E-state index contributed by atoms with van der Waals surface area (Å²) in [7, 11) is 4.04. The number of aromatic nitrogens is 1. The summed E-state index contributed by atoms with van der Waals surface area (Å²) in [5.74, 6) is 0.993. The molecule has 1 amide bonds. The lowest BCUT2D eigenvalue weighted by Gasteiger charge is -2.22. The van der Waals surface area contributed by atoms with Crippen LogP contribution in [0.25, 0.3) is 10.2 Å². The lowest BCUT2D eigenvalue weighted by atomic mass is 10.1. The molecule has 0 saturated carbocycles. The molecule has 0 fully saturated rings. The maximum atomic E-state index is 13.4. The molecule has 1 aromatic heterocycles. The highest BCUT2D eigenvalue weighted by Crippen LogP contribution is 2.33. The Kier molecular flexibility index (Phi) is 6.75. The first-order valence-electron chi connectivity index (χ1n) is 9.46. The standard InChI is InChI=1S/C22H27N3OS2/c1-6-27-18-9-7-8-17(14-18)21(26)25(11-10-24(4)5)22-23-19-13-15(2)12-16(3)20(19)28-22/h7-9,12-14H,6,10-11H2,1-5H3. The van der Waals surface area contributed by atoms with Gasteiger partial charge in [-0.1, -0.05) is 30.4 Å². The summed E-state index contributed by atoms with van der Waals surface area (Å²) in [5.41, 5.74) is 4.08. The highest BCUT2D eigenvalue weighted by molar-refractivity contribution is 7.99. The second kappa shape index (κ2) is 9.07. The topological polar surface area (TPSA) is 36.4 Å². The van der Waals surface area contributed by atoms with Gasteiger partial charge in [-0.05, 0) is 69.1 Å². The lowest BCUT2D eigenvalue weighted by Crippen LogP contribution is -2.36. The Bertz CT molecular complexity index is 981. The van der Waals surface area contributed by atoms with Crippen LogP contribution in [0.15, 0.2) is 41.3 Å². The molecule has 0 atom stereocenters. The van der Waals surface area contributed by atoms with Crippen LogP contribution in [0.5, 0.6) is 0 Å². The minimum Gasteiger partial charge on any atom is -0.308 e. The number of carbonyl (C=O) groups excluding carboxylic acids is 1. The van der Waals surface area contributed by atoms with Gasteiger partial charge in [0, 0.05) is 23.5 Å². The average molecular weight is 414 g/mol. The molecule has 0 N–H and O–H groups in total. The molecule has 3 rings (SSSR count). The number of fused-ring (bicyclic) bond motifs is 1. The summed E-state index contributed by atoms with van der Waals surface area (Å²) in [6.45, 7) is 7.69. The van der Waals surface area contributed by atoms with E-state index >= 15 is 0 Å². The van der Waals surface area contributed by atoms with Gasteiger partial charge in [0.15, 0.2) is 5.13 Å². The molecule has 0 radical (unpaired) electrons. The normalized spacial score (nSPS) is 11.4. The summed E-state index contributed by atoms with van der Waals surface area (Å²) in [6, 6.07) is 12.2. The van der Waals surface area contributed by atoms with E-state index < -0.39 is 0 Å². The van der Waals surface area contributed by atoms with Crippen LogP contribution in [-0.2, 0) is 0 Å². The number of amides is 1. The van der Waals surface area contributed by atoms with Crippen molar-refractivity contribution in [3.63, 3.8) is 0 Å². The third kappa shape index (κ3) is 4.74. The van der Waals surface area contributed by atoms with Crippen LogP contribution in [0.2, 0.25) is 0 Å². The molecule has 0 bridgehead atoms. The van der Waals surface area contributed by atoms with Gasteiger partial charge in [0.05, 0.1) is 10.2 Å². The van der Waals surface area contributed by atoms with Crippen LogP contribution in [0, 0.1) is 13.8 Å². The summed E-state index contributed by atoms with van der Waals surface area (Å²) < 4.78 is 1.15. The number of nitrogens with zero attached hydrogens (tertiary/aromatic N) is 3. The van der Waals surface area contributed by atoms with Crippen LogP contribution in [0.3, 0.4) is 0 Å². The van der Waals surface area contributed by atoms with Gasteiger partial charge in [-0.2, -0.15) is 0 Å². The summed E-state index contributed by atoms with van der Waals surface area (Å²) in [5, 5.41) is 0.768. The summed E-state index contributed by atoms with van der Waals surface area (Å²) in [4.78, 5) is 23.3. The fourth-order valence-corrected chi connectivity index (χ4v) is 4.86. The number of aryl methyl sites for hydroxylation is 2. The van der Waals surface area contributed by atoms with Crippen molar-refractivity contribution in [1.29, 1.82) is 0 Å². The van der Waals surface area contributed by atoms with Gasteiger partial charge in [-0.15, -0.1) is 11.8 Å². The molecular weight excluding hydrogens is 386 g/mol. The zero-order valence-corrected chi connectivity index (χ0v) is 18.8. The Labute approximate surface area is 175 Å². The van der Waals surface area contributed by atoms with Crippen molar-refractivity contribution in [3.8, 4) is 0 Å². The first kappa shape index (κ1) is 20.8. The fourth-order valence-electron chi connectivity index (χ4n) is 3.11. The Balaban J connectivity index is 2.00. The quantitative estimate of drug-likeness (QED) is 0.497. The molecule has 1 heterocycles. The van der Waals surface area contributed by atoms with Gasteiger partial charge < -0.3 is 4.90 Å². The van der Waals surface area contributed by atoms with Gasteiger partial charge in [0.25, 0.3) is 5.91 Å². The number of rotatable bonds is 7. The molecule has 6 heteroatoms. The molecule has 0 saturated heterocycles. The number of thiazole rings is 1. The number of hydrogen-bond acceptors (Lipinski definition) is 5. The van der Waals surface area contributed by atoms with Crippen molar-refractivity contribution in [2.45, 2.75) is 25.7 Å². The van der Waals surface area contributed by atoms with Crippen LogP contribution in [0.1, 0.15) is 28.4 Å². The Morgan fingerprint density at radius 2 is 1.93 bits per heavy atom. The molecule has 28 heavy (non-hydrogen) atoms. The highest BCUT2D eigenvalue weighted by Gasteiger charge is 2.22. The number of hydrogen-bond donors (Lipinski definition) is 0. The molecule has 3 aromatic rings. The van der Waals surface area contributed by atoms with Crippen molar-refractivity contribution >= 4 is 44.4 Å². The van der Waals surface area contributed by atoms with Crippen LogP contribution in [-0.4, -0.2) is 48.7 Å². The summed E-state index contributed by atoms with van der Waals surface area (Å²) in [6.07, 6.45) is 0. The lowest BCUT2D eigenvalue weighted by molar-refractivity contribution is 0.0985. The van der Waals surface area contributed by atoms with Gasteiger partial charge in [0.2, 0.25) is 0 Å². The molecule has 0 aliphatic rings. The van der Waals surface area contributed by atoms with Gasteiger partial charge in [-0.3, -0.25) is 9.69 Å². The number of thioether (sulfide) groups is 1. The van der Waals surface area contributed by atoms with Crippen molar-refractivity contribution < 1.29 is 4.79 Å². The van der Waals surface area contributed by atoms with E-state index in [1.807, 2.05) is 37.2 Å². The van der Waals surface area contributed by atoms with E-state index in [9.17, 15) is 4.79 Å². The van der Waals surface area contributed by atoms with E-state index in [1.54, 1.807) is 23.1 Å². The molecule has 2 aromatic carbocycles. The molecule has 148 valence electrons. The number of benzene rings is 2. The van der Waals surface area contributed by atoms with E-state index in [0.29, 0.717) is 12.1 Å². The summed E-state index contributed by atoms with van der Waals surface area (Å²) >= 11 is 3.35. The minimum atomic E-state index is 0.00818. The van der Waals surface area contributed by atoms with Crippen LogP contribution < -0.4 is 4.90 Å². The van der Waals surface area contributed by atoms with E-state index in [4.69, 9.17) is 4.98 Å². The maximum Gasteiger partial charge on any atom is 0.260 e. The predicted molar refractivity (Wildman–Crippen MR) is 122 cm³/mol. The third-order valence-electron chi connectivity index (χ3n) is 4.45. The molecule has 4 nitrogen and oxygen atoms in total. The Hall–Kier alpha value is -1.89. The second-order valence-electron chi connectivity index (χ2n) is 7.15. The number of likely N-dealkylation sites (N-methyl/N-ethyl adjacent to an activating group) is 1. The van der Waals surface area contributed by atoms with E-state index in [2.05, 4.69) is 43.9 Å². The molecule has 0 aliphatic heterocycles. The Morgan fingerprint density at radius 1 is 1.14 bits per heavy atom. The monoisotopic (exact) mass is 413 g/mol. The van der Waals surface area contributed by atoms with E-state index in [-0.39, 0.29) is 5.91 Å². The van der Waals surface area contributed by atoms with Crippen molar-refractivity contribution in [2.75, 3.05) is 37.8 Å². The smallest absolute Gasteiger partial charge is 0.260 e. The van der Waals surface area contributed by atoms with E-state index in [1.165, 1.54) is 11.1 Å². The average Bonchev–Trinajstić information content (AvgIpc) is 3.06. The SMILES string of the molecule is CCSc1cccc(C(=O)N(CCN(C)C)c2nc3cc(C)cc(C)c3s2)c1. The third-order valence-corrected chi connectivity index (χ3v) is 6.55. The molecule has 0 spiro atoms. The Morgan fingerprint density at radius 3 is 2.64 bits per heavy atom. The van der Waals surface area contributed by atoms with Crippen LogP contribution in [0.4, 0.5) is 5.13 Å². The second-order valence-corrected chi connectivity index (χ2v) is 9.46. The first-order valence-corrected chi connectivity index (χ1v) is 11.3. The van der Waals surface area contributed by atoms with Crippen molar-refractivity contribution in [1.82, 2.24) is 9.88 Å². The fraction of sp³-hybridized carbons (Fsp3) is 0.364. The minimum absolute atomic E-state index is 0.00818. The van der Waals surface area contributed by atoms with Gasteiger partial charge in [-0.25, -0.2) is 4.98 Å². The zero-order chi connectivity index (χ0) is 20.3. The molecule has 0 aliphatic carbocycles. The van der Waals surface area contributed by atoms with Crippen molar-refractivity contribution in [3.05, 3.63) is 53.1 Å². The van der Waals surface area contributed by atoms with Crippen molar-refractivity contribution in [2.24, 2.45) is 0 Å². The first-order chi connectivity index (χ1) is 13.4. The van der Waals surface area contributed by atoms with Gasteiger partial charge >= 0.3 is 0 Å². The zero-order valence-electron chi connectivity index (χ0n) is 17.2. The largest absolute Gasteiger partial charge is 0.308 e.